The van der Waals surface area contributed by atoms with Crippen LogP contribution in [0.1, 0.15) is 21.5 Å². The maximum atomic E-state index is 12.1. The van der Waals surface area contributed by atoms with Crippen LogP contribution in [0.5, 0.6) is 5.75 Å². The minimum absolute atomic E-state index is 0.106. The second-order valence-electron chi connectivity index (χ2n) is 5.43. The number of hydrogen-bond acceptors (Lipinski definition) is 5. The molecule has 0 saturated carbocycles. The predicted molar refractivity (Wildman–Crippen MR) is 88.1 cm³/mol. The standard InChI is InChI=1S/C19H16O5/c1-12-3-8-16-14(11-23-17(16)9-12)10-18(20)24-15-6-4-13(5-7-15)19(21)22-2/h3-9,11H,10H2,1-2H3. The van der Waals surface area contributed by atoms with Crippen molar-refractivity contribution in [1.82, 2.24) is 0 Å². The maximum Gasteiger partial charge on any atom is 0.337 e. The Morgan fingerprint density at radius 2 is 1.83 bits per heavy atom. The van der Waals surface area contributed by atoms with E-state index in [-0.39, 0.29) is 6.42 Å². The molecule has 0 saturated heterocycles. The molecule has 0 aliphatic carbocycles. The fraction of sp³-hybridized carbons (Fsp3) is 0.158. The number of esters is 2. The van der Waals surface area contributed by atoms with Gasteiger partial charge in [0.25, 0.3) is 0 Å². The van der Waals surface area contributed by atoms with Crippen molar-refractivity contribution in [3.63, 3.8) is 0 Å². The van der Waals surface area contributed by atoms with Gasteiger partial charge in [-0.3, -0.25) is 4.79 Å². The first-order valence-corrected chi connectivity index (χ1v) is 7.42. The average molecular weight is 324 g/mol. The summed E-state index contributed by atoms with van der Waals surface area (Å²) in [7, 11) is 1.31. The van der Waals surface area contributed by atoms with E-state index in [4.69, 9.17) is 9.15 Å². The van der Waals surface area contributed by atoms with Crippen LogP contribution in [-0.2, 0) is 16.0 Å². The number of furan rings is 1. The SMILES string of the molecule is COC(=O)c1ccc(OC(=O)Cc2coc3cc(C)ccc23)cc1. The van der Waals surface area contributed by atoms with Crippen molar-refractivity contribution in [1.29, 1.82) is 0 Å². The van der Waals surface area contributed by atoms with Crippen molar-refractivity contribution in [2.45, 2.75) is 13.3 Å². The summed E-state index contributed by atoms with van der Waals surface area (Å²) in [6.45, 7) is 1.98. The molecule has 3 rings (SSSR count). The zero-order chi connectivity index (χ0) is 17.1. The highest BCUT2D eigenvalue weighted by molar-refractivity contribution is 5.89. The smallest absolute Gasteiger partial charge is 0.337 e. The number of rotatable bonds is 4. The van der Waals surface area contributed by atoms with Crippen molar-refractivity contribution in [3.05, 3.63) is 65.4 Å². The van der Waals surface area contributed by atoms with Crippen LogP contribution in [0, 0.1) is 6.92 Å². The van der Waals surface area contributed by atoms with Gasteiger partial charge in [-0.05, 0) is 42.8 Å². The molecule has 0 unspecified atom stereocenters. The molecule has 0 bridgehead atoms. The number of carbonyl (C=O) groups excluding carboxylic acids is 2. The maximum absolute atomic E-state index is 12.1. The van der Waals surface area contributed by atoms with Gasteiger partial charge in [0.1, 0.15) is 11.3 Å². The Bertz CT molecular complexity index is 890. The summed E-state index contributed by atoms with van der Waals surface area (Å²) in [5.74, 6) is -0.464. The highest BCUT2D eigenvalue weighted by Crippen LogP contribution is 2.23. The van der Waals surface area contributed by atoms with Gasteiger partial charge in [-0.2, -0.15) is 0 Å². The number of methoxy groups -OCH3 is 1. The van der Waals surface area contributed by atoms with Crippen LogP contribution in [0.3, 0.4) is 0 Å². The third-order valence-electron chi connectivity index (χ3n) is 3.65. The molecule has 0 aliphatic heterocycles. The van der Waals surface area contributed by atoms with E-state index in [1.165, 1.54) is 7.11 Å². The van der Waals surface area contributed by atoms with Gasteiger partial charge < -0.3 is 13.9 Å². The summed E-state index contributed by atoms with van der Waals surface area (Å²) in [6, 6.07) is 12.0. The fourth-order valence-electron chi connectivity index (χ4n) is 2.43. The molecular weight excluding hydrogens is 308 g/mol. The minimum atomic E-state index is -0.437. The van der Waals surface area contributed by atoms with Crippen molar-refractivity contribution >= 4 is 22.9 Å². The van der Waals surface area contributed by atoms with E-state index < -0.39 is 11.9 Å². The lowest BCUT2D eigenvalue weighted by Crippen LogP contribution is -2.11. The molecule has 0 spiro atoms. The molecule has 1 aromatic heterocycles. The number of fused-ring (bicyclic) bond motifs is 1. The van der Waals surface area contributed by atoms with E-state index in [0.29, 0.717) is 11.3 Å². The Morgan fingerprint density at radius 3 is 2.54 bits per heavy atom. The number of ether oxygens (including phenoxy) is 2. The molecule has 5 nitrogen and oxygen atoms in total. The zero-order valence-electron chi connectivity index (χ0n) is 13.4. The summed E-state index contributed by atoms with van der Waals surface area (Å²) < 4.78 is 15.4. The van der Waals surface area contributed by atoms with Crippen molar-refractivity contribution < 1.29 is 23.5 Å². The lowest BCUT2D eigenvalue weighted by atomic mass is 10.1. The molecule has 2 aromatic carbocycles. The Hall–Kier alpha value is -3.08. The lowest BCUT2D eigenvalue weighted by Gasteiger charge is -2.05. The molecule has 3 aromatic rings. The summed E-state index contributed by atoms with van der Waals surface area (Å²) in [6.07, 6.45) is 1.68. The highest BCUT2D eigenvalue weighted by atomic mass is 16.5. The van der Waals surface area contributed by atoms with Gasteiger partial charge >= 0.3 is 11.9 Å². The number of benzene rings is 2. The van der Waals surface area contributed by atoms with Crippen molar-refractivity contribution in [2.24, 2.45) is 0 Å². The Balaban J connectivity index is 1.69. The summed E-state index contributed by atoms with van der Waals surface area (Å²) >= 11 is 0. The van der Waals surface area contributed by atoms with E-state index in [9.17, 15) is 9.59 Å². The average Bonchev–Trinajstić information content (AvgIpc) is 2.96. The summed E-state index contributed by atoms with van der Waals surface area (Å²) in [5, 5.41) is 0.901. The van der Waals surface area contributed by atoms with Gasteiger partial charge in [-0.1, -0.05) is 12.1 Å². The number of aryl methyl sites for hydroxylation is 1. The van der Waals surface area contributed by atoms with Crippen LogP contribution in [0.4, 0.5) is 0 Å². The molecule has 0 radical (unpaired) electrons. The largest absolute Gasteiger partial charge is 0.465 e. The third-order valence-corrected chi connectivity index (χ3v) is 3.65. The van der Waals surface area contributed by atoms with Crippen LogP contribution in [-0.4, -0.2) is 19.0 Å². The molecule has 5 heteroatoms. The fourth-order valence-corrected chi connectivity index (χ4v) is 2.43. The highest BCUT2D eigenvalue weighted by Gasteiger charge is 2.13. The van der Waals surface area contributed by atoms with Gasteiger partial charge in [0.2, 0.25) is 0 Å². The van der Waals surface area contributed by atoms with E-state index in [1.54, 1.807) is 30.5 Å². The van der Waals surface area contributed by atoms with Gasteiger partial charge in [0.15, 0.2) is 0 Å². The molecule has 0 amide bonds. The zero-order valence-corrected chi connectivity index (χ0v) is 13.4. The Labute approximate surface area is 138 Å². The molecule has 0 N–H and O–H groups in total. The Kier molecular flexibility index (Phi) is 4.33. The first kappa shape index (κ1) is 15.8. The minimum Gasteiger partial charge on any atom is -0.465 e. The quantitative estimate of drug-likeness (QED) is 0.541. The van der Waals surface area contributed by atoms with Crippen LogP contribution in [0.25, 0.3) is 11.0 Å². The normalized spacial score (nSPS) is 10.6. The lowest BCUT2D eigenvalue weighted by molar-refractivity contribution is -0.133. The van der Waals surface area contributed by atoms with Gasteiger partial charge in [0.05, 0.1) is 25.4 Å². The first-order chi connectivity index (χ1) is 11.6. The van der Waals surface area contributed by atoms with E-state index >= 15 is 0 Å². The van der Waals surface area contributed by atoms with Gasteiger partial charge in [-0.25, -0.2) is 4.79 Å². The van der Waals surface area contributed by atoms with E-state index in [2.05, 4.69) is 4.74 Å². The molecule has 0 atom stereocenters. The molecule has 0 fully saturated rings. The molecule has 0 aliphatic rings. The van der Waals surface area contributed by atoms with Crippen LogP contribution < -0.4 is 4.74 Å². The predicted octanol–water partition coefficient (Wildman–Crippen LogP) is 3.68. The van der Waals surface area contributed by atoms with Crippen LogP contribution in [0.15, 0.2) is 53.1 Å². The van der Waals surface area contributed by atoms with Gasteiger partial charge in [-0.15, -0.1) is 0 Å². The Morgan fingerprint density at radius 1 is 1.08 bits per heavy atom. The van der Waals surface area contributed by atoms with Crippen molar-refractivity contribution in [2.75, 3.05) is 7.11 Å². The second-order valence-corrected chi connectivity index (χ2v) is 5.43. The molecule has 122 valence electrons. The number of carbonyl (C=O) groups is 2. The first-order valence-electron chi connectivity index (χ1n) is 7.42. The molecule has 24 heavy (non-hydrogen) atoms. The summed E-state index contributed by atoms with van der Waals surface area (Å²) in [4.78, 5) is 23.5. The number of hydrogen-bond donors (Lipinski definition) is 0. The van der Waals surface area contributed by atoms with Gasteiger partial charge in [0, 0.05) is 10.9 Å². The molecular formula is C19H16O5. The molecule has 1 heterocycles. The van der Waals surface area contributed by atoms with Crippen molar-refractivity contribution in [3.8, 4) is 5.75 Å². The third kappa shape index (κ3) is 3.30. The van der Waals surface area contributed by atoms with Crippen LogP contribution in [0.2, 0.25) is 0 Å². The van der Waals surface area contributed by atoms with E-state index in [0.717, 1.165) is 22.1 Å². The van der Waals surface area contributed by atoms with Crippen LogP contribution >= 0.6 is 0 Å². The van der Waals surface area contributed by atoms with E-state index in [1.807, 2.05) is 25.1 Å². The topological polar surface area (TPSA) is 65.7 Å². The monoisotopic (exact) mass is 324 g/mol. The summed E-state index contributed by atoms with van der Waals surface area (Å²) in [5.41, 5.74) is 3.02. The second kappa shape index (κ2) is 6.58.